The van der Waals surface area contributed by atoms with Gasteiger partial charge in [0.25, 0.3) is 0 Å². The molecule has 0 N–H and O–H groups in total. The molecule has 3 fully saturated rings. The third kappa shape index (κ3) is 2.97. The second-order valence-corrected chi connectivity index (χ2v) is 8.56. The Morgan fingerprint density at radius 2 is 2.00 bits per heavy atom. The smallest absolute Gasteiger partial charge is 0.414 e. The van der Waals surface area contributed by atoms with Gasteiger partial charge < -0.3 is 9.47 Å². The molecule has 1 amide bonds. The van der Waals surface area contributed by atoms with Crippen LogP contribution in [0.2, 0.25) is 0 Å². The molecule has 0 aromatic heterocycles. The fourth-order valence-corrected chi connectivity index (χ4v) is 5.28. The van der Waals surface area contributed by atoms with Gasteiger partial charge in [-0.25, -0.2) is 4.79 Å². The molecule has 2 unspecified atom stereocenters. The van der Waals surface area contributed by atoms with Gasteiger partial charge in [-0.1, -0.05) is 37.1 Å². The van der Waals surface area contributed by atoms with Crippen LogP contribution in [0.4, 0.5) is 4.79 Å². The average Bonchev–Trinajstić information content (AvgIpc) is 2.99. The Balaban J connectivity index is 1.38. The molecule has 4 aliphatic carbocycles. The van der Waals surface area contributed by atoms with Gasteiger partial charge in [-0.15, -0.1) is 6.42 Å². The minimum Gasteiger partial charge on any atom is -0.425 e. The van der Waals surface area contributed by atoms with E-state index in [-0.39, 0.29) is 24.0 Å². The molecule has 142 valence electrons. The first-order valence-corrected chi connectivity index (χ1v) is 9.55. The lowest BCUT2D eigenvalue weighted by atomic mass is 9.36. The van der Waals surface area contributed by atoms with E-state index in [4.69, 9.17) is 15.9 Å². The van der Waals surface area contributed by atoms with E-state index in [1.54, 1.807) is 11.8 Å². The molecule has 3 saturated carbocycles. The number of amides is 1. The van der Waals surface area contributed by atoms with E-state index in [0.717, 1.165) is 37.7 Å². The zero-order chi connectivity index (χ0) is 19.2. The van der Waals surface area contributed by atoms with Gasteiger partial charge in [0.15, 0.2) is 0 Å². The lowest BCUT2D eigenvalue weighted by molar-refractivity contribution is -0.235. The van der Waals surface area contributed by atoms with Crippen LogP contribution in [0.1, 0.15) is 56.7 Å². The fourth-order valence-electron chi connectivity index (χ4n) is 5.28. The van der Waals surface area contributed by atoms with E-state index in [9.17, 15) is 9.59 Å². The lowest BCUT2D eigenvalue weighted by Gasteiger charge is -2.67. The molecule has 0 heterocycles. The van der Waals surface area contributed by atoms with Gasteiger partial charge in [-0.3, -0.25) is 9.69 Å². The van der Waals surface area contributed by atoms with Crippen LogP contribution in [-0.4, -0.2) is 29.8 Å². The van der Waals surface area contributed by atoms with Crippen molar-refractivity contribution in [3.05, 3.63) is 35.4 Å². The first kappa shape index (κ1) is 17.9. The van der Waals surface area contributed by atoms with Gasteiger partial charge in [0.05, 0.1) is 18.0 Å². The summed E-state index contributed by atoms with van der Waals surface area (Å²) < 4.78 is 10.8. The normalized spacial score (nSPS) is 30.8. The number of carbonyl (C=O) groups excluding carboxylic acids is 2. The molecule has 1 aromatic carbocycles. The van der Waals surface area contributed by atoms with Crippen molar-refractivity contribution in [2.45, 2.75) is 58.3 Å². The van der Waals surface area contributed by atoms with Gasteiger partial charge in [-0.05, 0) is 48.6 Å². The standard InChI is InChI=1S/C22H25NO4/c1-4-11-23(18-10-9-16-7-5-6-8-17(16)18)20(25)27-15(2)26-19(24)22-12-21(3,13-22)14-22/h1,5-8,15,18H,9-14H2,2-3H3. The van der Waals surface area contributed by atoms with Crippen molar-refractivity contribution < 1.29 is 19.1 Å². The van der Waals surface area contributed by atoms with Gasteiger partial charge in [0.2, 0.25) is 6.29 Å². The first-order valence-electron chi connectivity index (χ1n) is 9.55. The maximum atomic E-state index is 12.7. The van der Waals surface area contributed by atoms with E-state index in [2.05, 4.69) is 18.9 Å². The van der Waals surface area contributed by atoms with Crippen molar-refractivity contribution >= 4 is 12.1 Å². The Kier molecular flexibility index (Phi) is 4.18. The van der Waals surface area contributed by atoms with Crippen molar-refractivity contribution in [1.29, 1.82) is 0 Å². The highest BCUT2D eigenvalue weighted by Gasteiger charge is 2.70. The number of rotatable bonds is 5. The van der Waals surface area contributed by atoms with Crippen LogP contribution in [0.3, 0.4) is 0 Å². The summed E-state index contributed by atoms with van der Waals surface area (Å²) in [5.41, 5.74) is 2.32. The van der Waals surface area contributed by atoms with E-state index < -0.39 is 12.4 Å². The fraction of sp³-hybridized carbons (Fsp3) is 0.545. The zero-order valence-corrected chi connectivity index (χ0v) is 15.9. The molecular weight excluding hydrogens is 342 g/mol. The number of terminal acetylenes is 1. The van der Waals surface area contributed by atoms with Crippen LogP contribution < -0.4 is 0 Å². The van der Waals surface area contributed by atoms with E-state index in [1.807, 2.05) is 18.2 Å². The molecule has 2 bridgehead atoms. The quantitative estimate of drug-likeness (QED) is 0.451. The number of fused-ring (bicyclic) bond motifs is 1. The summed E-state index contributed by atoms with van der Waals surface area (Å²) in [6.45, 7) is 3.92. The van der Waals surface area contributed by atoms with Crippen molar-refractivity contribution in [2.24, 2.45) is 10.8 Å². The summed E-state index contributed by atoms with van der Waals surface area (Å²) in [7, 11) is 0. The summed E-state index contributed by atoms with van der Waals surface area (Å²) in [4.78, 5) is 26.7. The molecule has 0 saturated heterocycles. The Hall–Kier alpha value is -2.48. The van der Waals surface area contributed by atoms with Crippen molar-refractivity contribution in [3.8, 4) is 12.3 Å². The largest absolute Gasteiger partial charge is 0.425 e. The number of hydrogen-bond acceptors (Lipinski definition) is 4. The van der Waals surface area contributed by atoms with Crippen LogP contribution in [0.5, 0.6) is 0 Å². The SMILES string of the molecule is C#CCN(C(=O)OC(C)OC(=O)C12CC(C)(C1)C2)C1CCc2ccccc21. The highest BCUT2D eigenvalue weighted by Crippen LogP contribution is 2.73. The maximum absolute atomic E-state index is 12.7. The molecule has 4 aliphatic rings. The molecule has 27 heavy (non-hydrogen) atoms. The Bertz CT molecular complexity index is 804. The van der Waals surface area contributed by atoms with Crippen LogP contribution in [0.25, 0.3) is 0 Å². The minimum absolute atomic E-state index is 0.106. The molecule has 2 atom stereocenters. The van der Waals surface area contributed by atoms with E-state index in [0.29, 0.717) is 5.41 Å². The maximum Gasteiger partial charge on any atom is 0.414 e. The minimum atomic E-state index is -0.927. The summed E-state index contributed by atoms with van der Waals surface area (Å²) in [6, 6.07) is 7.95. The molecule has 0 spiro atoms. The third-order valence-corrected chi connectivity index (χ3v) is 6.24. The van der Waals surface area contributed by atoms with Gasteiger partial charge >= 0.3 is 12.1 Å². The average molecular weight is 367 g/mol. The van der Waals surface area contributed by atoms with E-state index >= 15 is 0 Å². The summed E-state index contributed by atoms with van der Waals surface area (Å²) in [6.07, 6.45) is 8.36. The van der Waals surface area contributed by atoms with Crippen LogP contribution in [-0.2, 0) is 20.7 Å². The lowest BCUT2D eigenvalue weighted by Crippen LogP contribution is -2.64. The van der Waals surface area contributed by atoms with Gasteiger partial charge in [-0.2, -0.15) is 0 Å². The number of ether oxygens (including phenoxy) is 2. The molecule has 5 heteroatoms. The highest BCUT2D eigenvalue weighted by molar-refractivity contribution is 5.81. The number of hydrogen-bond donors (Lipinski definition) is 0. The Labute approximate surface area is 160 Å². The van der Waals surface area contributed by atoms with Crippen molar-refractivity contribution in [3.63, 3.8) is 0 Å². The zero-order valence-electron chi connectivity index (χ0n) is 15.9. The van der Waals surface area contributed by atoms with Crippen molar-refractivity contribution in [2.75, 3.05) is 6.54 Å². The van der Waals surface area contributed by atoms with Crippen LogP contribution in [0.15, 0.2) is 24.3 Å². The van der Waals surface area contributed by atoms with Crippen LogP contribution in [0, 0.1) is 23.2 Å². The van der Waals surface area contributed by atoms with Gasteiger partial charge in [0.1, 0.15) is 0 Å². The predicted molar refractivity (Wildman–Crippen MR) is 99.5 cm³/mol. The third-order valence-electron chi connectivity index (χ3n) is 6.24. The van der Waals surface area contributed by atoms with E-state index in [1.165, 1.54) is 5.56 Å². The second kappa shape index (κ2) is 6.30. The highest BCUT2D eigenvalue weighted by atomic mass is 16.7. The summed E-state index contributed by atoms with van der Waals surface area (Å²) >= 11 is 0. The molecule has 5 rings (SSSR count). The molecule has 0 radical (unpaired) electrons. The Morgan fingerprint density at radius 3 is 2.67 bits per heavy atom. The molecule has 1 aromatic rings. The summed E-state index contributed by atoms with van der Waals surface area (Å²) in [5, 5.41) is 0. The Morgan fingerprint density at radius 1 is 1.30 bits per heavy atom. The van der Waals surface area contributed by atoms with Gasteiger partial charge in [0, 0.05) is 6.92 Å². The molecule has 0 aliphatic heterocycles. The monoisotopic (exact) mass is 367 g/mol. The topological polar surface area (TPSA) is 55.8 Å². The first-order chi connectivity index (χ1) is 12.9. The van der Waals surface area contributed by atoms with Crippen molar-refractivity contribution in [1.82, 2.24) is 4.90 Å². The second-order valence-electron chi connectivity index (χ2n) is 8.56. The predicted octanol–water partition coefficient (Wildman–Crippen LogP) is 3.83. The van der Waals surface area contributed by atoms with Crippen LogP contribution >= 0.6 is 0 Å². The number of nitrogens with zero attached hydrogens (tertiary/aromatic N) is 1. The number of carbonyl (C=O) groups is 2. The number of benzene rings is 1. The number of aryl methyl sites for hydroxylation is 1. The number of esters is 1. The summed E-state index contributed by atoms with van der Waals surface area (Å²) in [5.74, 6) is 2.29. The molecule has 5 nitrogen and oxygen atoms in total. The molecular formula is C22H25NO4.